The number of benzene rings is 3. The van der Waals surface area contributed by atoms with Crippen LogP contribution in [0.5, 0.6) is 0 Å². The molecule has 0 amide bonds. The fraction of sp³-hybridized carbons (Fsp3) is 0.0741. The number of pyridine rings is 1. The Balaban J connectivity index is 1.64. The van der Waals surface area contributed by atoms with Crippen molar-refractivity contribution in [3.05, 3.63) is 125 Å². The van der Waals surface area contributed by atoms with Crippen LogP contribution in [-0.2, 0) is 20.9 Å². The van der Waals surface area contributed by atoms with E-state index in [0.717, 1.165) is 21.8 Å². The molecule has 0 atom stereocenters. The van der Waals surface area contributed by atoms with Crippen LogP contribution in [0.2, 0.25) is 5.02 Å². The number of halogens is 1. The first-order chi connectivity index (χ1) is 17.8. The van der Waals surface area contributed by atoms with E-state index in [0.29, 0.717) is 22.0 Å². The van der Waals surface area contributed by atoms with E-state index in [4.69, 9.17) is 33.2 Å². The Bertz CT molecular complexity index is 1580. The summed E-state index contributed by atoms with van der Waals surface area (Å²) < 4.78 is 32.4. The highest BCUT2D eigenvalue weighted by Crippen LogP contribution is 2.31. The first kappa shape index (κ1) is 25.0. The second kappa shape index (κ2) is 10.4. The number of fused-ring (bicyclic) bond motifs is 1. The minimum atomic E-state index is -4.22. The molecule has 4 aromatic rings. The van der Waals surface area contributed by atoms with Gasteiger partial charge >= 0.3 is 10.1 Å². The number of rotatable bonds is 6. The molecular weight excluding hydrogens is 528 g/mol. The van der Waals surface area contributed by atoms with Gasteiger partial charge in [-0.05, 0) is 61.1 Å². The summed E-state index contributed by atoms with van der Waals surface area (Å²) in [5.41, 5.74) is 4.19. The van der Waals surface area contributed by atoms with Gasteiger partial charge in [-0.25, -0.2) is 5.01 Å². The summed E-state index contributed by atoms with van der Waals surface area (Å²) in [6, 6.07) is 24.6. The molecule has 2 heterocycles. The third-order valence-electron chi connectivity index (χ3n) is 5.65. The third-order valence-corrected chi connectivity index (χ3v) is 7.47. The molecule has 0 radical (unpaired) electrons. The van der Waals surface area contributed by atoms with Crippen molar-refractivity contribution in [1.29, 1.82) is 0 Å². The predicted octanol–water partition coefficient (Wildman–Crippen LogP) is 5.72. The van der Waals surface area contributed by atoms with Crippen LogP contribution < -0.4 is 5.06 Å². The summed E-state index contributed by atoms with van der Waals surface area (Å²) in [5, 5.41) is 8.19. The zero-order chi connectivity index (χ0) is 26.0. The Morgan fingerprint density at radius 3 is 2.38 bits per heavy atom. The Morgan fingerprint density at radius 2 is 1.68 bits per heavy atom. The van der Waals surface area contributed by atoms with E-state index in [1.54, 1.807) is 48.8 Å². The van der Waals surface area contributed by atoms with Gasteiger partial charge in [0, 0.05) is 28.5 Å². The highest BCUT2D eigenvalue weighted by atomic mass is 35.5. The number of hydroxylamine groups is 1. The normalized spacial score (nSPS) is 13.7. The second-order valence-corrected chi connectivity index (χ2v) is 10.6. The topological polar surface area (TPSA) is 75.1 Å². The van der Waals surface area contributed by atoms with E-state index < -0.39 is 10.1 Å². The highest BCUT2D eigenvalue weighted by Gasteiger charge is 2.33. The number of aryl methyl sites for hydroxylation is 1. The van der Waals surface area contributed by atoms with E-state index in [1.807, 2.05) is 43.3 Å². The molecule has 7 nitrogen and oxygen atoms in total. The molecular formula is C27H21ClN4O3S2. The first-order valence-corrected chi connectivity index (χ1v) is 13.5. The van der Waals surface area contributed by atoms with Gasteiger partial charge in [0.05, 0.1) is 17.1 Å². The molecule has 37 heavy (non-hydrogen) atoms. The smallest absolute Gasteiger partial charge is 0.264 e. The number of anilines is 1. The zero-order valence-corrected chi connectivity index (χ0v) is 22.0. The van der Waals surface area contributed by atoms with Gasteiger partial charge in [-0.1, -0.05) is 65.7 Å². The van der Waals surface area contributed by atoms with Gasteiger partial charge in [0.2, 0.25) is 5.11 Å². The Morgan fingerprint density at radius 1 is 0.946 bits per heavy atom. The zero-order valence-electron chi connectivity index (χ0n) is 19.7. The third kappa shape index (κ3) is 5.40. The number of aromatic nitrogens is 1. The van der Waals surface area contributed by atoms with Crippen molar-refractivity contribution in [3.63, 3.8) is 0 Å². The SMILES string of the molecule is Cc1ccc(S(=O)(=O)ON2C(=S)N(Cc3cccnc3)N=C(c3ccc(Cl)cc3)c3ccccc32)cc1. The summed E-state index contributed by atoms with van der Waals surface area (Å²) in [6.07, 6.45) is 3.37. The molecule has 0 saturated carbocycles. The minimum Gasteiger partial charge on any atom is -0.264 e. The fourth-order valence-electron chi connectivity index (χ4n) is 3.78. The molecule has 1 aromatic heterocycles. The van der Waals surface area contributed by atoms with Crippen LogP contribution in [-0.4, -0.2) is 29.2 Å². The molecule has 0 saturated heterocycles. The highest BCUT2D eigenvalue weighted by molar-refractivity contribution is 7.87. The molecule has 10 heteroatoms. The van der Waals surface area contributed by atoms with Gasteiger partial charge in [-0.3, -0.25) is 4.98 Å². The van der Waals surface area contributed by atoms with Crippen molar-refractivity contribution in [2.75, 3.05) is 5.06 Å². The molecule has 0 unspecified atom stereocenters. The summed E-state index contributed by atoms with van der Waals surface area (Å²) in [7, 11) is -4.22. The summed E-state index contributed by atoms with van der Waals surface area (Å²) in [4.78, 5) is 4.19. The Hall–Kier alpha value is -3.63. The monoisotopic (exact) mass is 548 g/mol. The molecule has 0 aliphatic carbocycles. The van der Waals surface area contributed by atoms with Gasteiger partial charge in [0.1, 0.15) is 5.71 Å². The summed E-state index contributed by atoms with van der Waals surface area (Å²) in [6.45, 7) is 2.12. The van der Waals surface area contributed by atoms with Crippen LogP contribution in [0.3, 0.4) is 0 Å². The van der Waals surface area contributed by atoms with Crippen LogP contribution in [0.4, 0.5) is 5.69 Å². The summed E-state index contributed by atoms with van der Waals surface area (Å²) >= 11 is 11.9. The van der Waals surface area contributed by atoms with Crippen molar-refractivity contribution in [2.45, 2.75) is 18.4 Å². The van der Waals surface area contributed by atoms with E-state index in [-0.39, 0.29) is 16.6 Å². The van der Waals surface area contributed by atoms with Gasteiger partial charge in [-0.2, -0.15) is 18.6 Å². The Kier molecular flexibility index (Phi) is 7.03. The number of thiocarbonyl (C=S) groups is 1. The van der Waals surface area contributed by atoms with Crippen LogP contribution in [0, 0.1) is 6.92 Å². The lowest BCUT2D eigenvalue weighted by atomic mass is 10.0. The molecule has 1 aliphatic heterocycles. The van der Waals surface area contributed by atoms with Crippen LogP contribution >= 0.6 is 23.8 Å². The average Bonchev–Trinajstić information content (AvgIpc) is 3.01. The molecule has 3 aromatic carbocycles. The van der Waals surface area contributed by atoms with Crippen LogP contribution in [0.15, 0.2) is 107 Å². The van der Waals surface area contributed by atoms with Crippen molar-refractivity contribution in [3.8, 4) is 0 Å². The lowest BCUT2D eigenvalue weighted by molar-refractivity contribution is 0.310. The van der Waals surface area contributed by atoms with E-state index >= 15 is 0 Å². The second-order valence-electron chi connectivity index (χ2n) is 8.31. The van der Waals surface area contributed by atoms with Gasteiger partial charge in [0.25, 0.3) is 0 Å². The largest absolute Gasteiger partial charge is 0.318 e. The van der Waals surface area contributed by atoms with E-state index in [9.17, 15) is 8.42 Å². The number of hydrazone groups is 1. The fourth-order valence-corrected chi connectivity index (χ4v) is 5.10. The number of para-hydroxylation sites is 1. The van der Waals surface area contributed by atoms with E-state index in [2.05, 4.69) is 4.98 Å². The molecule has 0 fully saturated rings. The quantitative estimate of drug-likeness (QED) is 0.285. The molecule has 0 bridgehead atoms. The first-order valence-electron chi connectivity index (χ1n) is 11.3. The predicted molar refractivity (Wildman–Crippen MR) is 148 cm³/mol. The molecule has 5 rings (SSSR count). The van der Waals surface area contributed by atoms with Crippen LogP contribution in [0.25, 0.3) is 0 Å². The lowest BCUT2D eigenvalue weighted by Crippen LogP contribution is -2.41. The van der Waals surface area contributed by atoms with Crippen molar-refractivity contribution in [1.82, 2.24) is 9.99 Å². The number of hydrogen-bond acceptors (Lipinski definition) is 6. The molecule has 1 aliphatic rings. The number of nitrogens with zero attached hydrogens (tertiary/aromatic N) is 4. The Labute approximate surface area is 225 Å². The van der Waals surface area contributed by atoms with Crippen molar-refractivity contribution >= 4 is 50.4 Å². The maximum Gasteiger partial charge on any atom is 0.318 e. The van der Waals surface area contributed by atoms with Crippen molar-refractivity contribution in [2.24, 2.45) is 5.10 Å². The van der Waals surface area contributed by atoms with Gasteiger partial charge < -0.3 is 0 Å². The maximum absolute atomic E-state index is 13.3. The molecule has 0 spiro atoms. The van der Waals surface area contributed by atoms with Crippen molar-refractivity contribution < 1.29 is 12.7 Å². The standard InChI is InChI=1S/C27H21ClN4O3S2/c1-19-8-14-23(15-9-19)37(33,34)35-32-25-7-3-2-6-24(25)26(21-10-12-22(28)13-11-21)30-31(27(32)36)18-20-5-4-16-29-17-20/h2-17H,18H2,1H3. The van der Waals surface area contributed by atoms with Gasteiger partial charge in [0.15, 0.2) is 0 Å². The van der Waals surface area contributed by atoms with Crippen LogP contribution in [0.1, 0.15) is 22.3 Å². The lowest BCUT2D eigenvalue weighted by Gasteiger charge is -2.27. The minimum absolute atomic E-state index is 0.0141. The molecule has 0 N–H and O–H groups in total. The molecule has 186 valence electrons. The summed E-state index contributed by atoms with van der Waals surface area (Å²) in [5.74, 6) is 0. The van der Waals surface area contributed by atoms with Gasteiger partial charge in [-0.15, -0.1) is 4.28 Å². The van der Waals surface area contributed by atoms with E-state index in [1.165, 1.54) is 17.1 Å². The average molecular weight is 549 g/mol. The maximum atomic E-state index is 13.3. The number of hydrogen-bond donors (Lipinski definition) is 0.